The molecule has 0 atom stereocenters. The zero-order chi connectivity index (χ0) is 13.1. The standard InChI is InChI=1S/C9H10F2N2O3S/c10-6-1-2-7(8(11)5-6)9(14)13-3-4-17(12,15)16/h1-2,5H,3-4H2,(H,13,14)(H2,12,15,16). The van der Waals surface area contributed by atoms with Crippen molar-refractivity contribution < 1.29 is 22.0 Å². The summed E-state index contributed by atoms with van der Waals surface area (Å²) in [6, 6.07) is 2.46. The summed E-state index contributed by atoms with van der Waals surface area (Å²) < 4.78 is 46.8. The third-order valence-corrected chi connectivity index (χ3v) is 2.62. The Morgan fingerprint density at radius 3 is 2.53 bits per heavy atom. The van der Waals surface area contributed by atoms with Crippen LogP contribution in [0.25, 0.3) is 0 Å². The van der Waals surface area contributed by atoms with E-state index in [0.717, 1.165) is 12.1 Å². The maximum absolute atomic E-state index is 13.1. The van der Waals surface area contributed by atoms with Gasteiger partial charge < -0.3 is 5.32 Å². The van der Waals surface area contributed by atoms with Gasteiger partial charge in [0.25, 0.3) is 5.91 Å². The lowest BCUT2D eigenvalue weighted by molar-refractivity contribution is 0.0952. The van der Waals surface area contributed by atoms with E-state index in [4.69, 9.17) is 5.14 Å². The lowest BCUT2D eigenvalue weighted by Crippen LogP contribution is -2.31. The lowest BCUT2D eigenvalue weighted by atomic mass is 10.2. The number of benzene rings is 1. The summed E-state index contributed by atoms with van der Waals surface area (Å²) >= 11 is 0. The van der Waals surface area contributed by atoms with Gasteiger partial charge >= 0.3 is 0 Å². The molecule has 17 heavy (non-hydrogen) atoms. The summed E-state index contributed by atoms with van der Waals surface area (Å²) in [4.78, 5) is 11.4. The van der Waals surface area contributed by atoms with Crippen LogP contribution in [-0.2, 0) is 10.0 Å². The number of nitrogens with two attached hydrogens (primary N) is 1. The molecule has 1 aromatic carbocycles. The van der Waals surface area contributed by atoms with E-state index >= 15 is 0 Å². The molecule has 0 saturated carbocycles. The first kappa shape index (κ1) is 13.5. The van der Waals surface area contributed by atoms with Crippen molar-refractivity contribution in [3.63, 3.8) is 0 Å². The maximum Gasteiger partial charge on any atom is 0.254 e. The van der Waals surface area contributed by atoms with E-state index < -0.39 is 33.3 Å². The highest BCUT2D eigenvalue weighted by atomic mass is 32.2. The summed E-state index contributed by atoms with van der Waals surface area (Å²) in [6.45, 7) is -0.242. The first-order chi connectivity index (χ1) is 7.79. The van der Waals surface area contributed by atoms with Crippen LogP contribution in [0, 0.1) is 11.6 Å². The molecule has 1 amide bonds. The van der Waals surface area contributed by atoms with Gasteiger partial charge in [-0.25, -0.2) is 22.3 Å². The number of carbonyl (C=O) groups excluding carboxylic acids is 1. The number of carbonyl (C=O) groups is 1. The average Bonchev–Trinajstić information content (AvgIpc) is 2.15. The summed E-state index contributed by atoms with van der Waals surface area (Å²) in [5, 5.41) is 6.86. The third kappa shape index (κ3) is 4.45. The fourth-order valence-electron chi connectivity index (χ4n) is 1.08. The minimum absolute atomic E-state index is 0.242. The molecule has 0 fully saturated rings. The molecule has 0 aromatic heterocycles. The molecule has 0 radical (unpaired) electrons. The van der Waals surface area contributed by atoms with Crippen LogP contribution in [0.1, 0.15) is 10.4 Å². The highest BCUT2D eigenvalue weighted by molar-refractivity contribution is 7.89. The molecule has 8 heteroatoms. The second-order valence-corrected chi connectivity index (χ2v) is 4.98. The Bertz CT molecular complexity index is 531. The Morgan fingerprint density at radius 1 is 1.35 bits per heavy atom. The Hall–Kier alpha value is -1.54. The van der Waals surface area contributed by atoms with Crippen molar-refractivity contribution in [2.45, 2.75) is 0 Å². The normalized spacial score (nSPS) is 11.2. The molecule has 1 rings (SSSR count). The minimum atomic E-state index is -3.69. The number of hydrogen-bond donors (Lipinski definition) is 2. The van der Waals surface area contributed by atoms with Crippen molar-refractivity contribution in [1.29, 1.82) is 0 Å². The smallest absolute Gasteiger partial charge is 0.254 e. The van der Waals surface area contributed by atoms with Gasteiger partial charge in [0.15, 0.2) is 0 Å². The fourth-order valence-corrected chi connectivity index (χ4v) is 1.46. The van der Waals surface area contributed by atoms with Crippen molar-refractivity contribution in [2.75, 3.05) is 12.3 Å². The Morgan fingerprint density at radius 2 is 2.00 bits per heavy atom. The van der Waals surface area contributed by atoms with E-state index in [1.165, 1.54) is 0 Å². The molecule has 0 unspecified atom stereocenters. The molecule has 1 aromatic rings. The Balaban J connectivity index is 2.65. The number of sulfonamides is 1. The maximum atomic E-state index is 13.1. The van der Waals surface area contributed by atoms with Gasteiger partial charge in [-0.1, -0.05) is 0 Å². The lowest BCUT2D eigenvalue weighted by Gasteiger charge is -2.05. The van der Waals surface area contributed by atoms with Gasteiger partial charge in [-0.3, -0.25) is 4.79 Å². The third-order valence-electron chi connectivity index (χ3n) is 1.85. The molecular formula is C9H10F2N2O3S. The Labute approximate surface area is 96.7 Å². The molecule has 0 spiro atoms. The summed E-state index contributed by atoms with van der Waals surface area (Å²) in [5.74, 6) is -3.10. The van der Waals surface area contributed by atoms with Crippen LogP contribution in [0.5, 0.6) is 0 Å². The highest BCUT2D eigenvalue weighted by Crippen LogP contribution is 2.08. The van der Waals surface area contributed by atoms with E-state index in [1.54, 1.807) is 0 Å². The Kier molecular flexibility index (Phi) is 4.13. The van der Waals surface area contributed by atoms with Gasteiger partial charge in [0.05, 0.1) is 11.3 Å². The summed E-state index contributed by atoms with van der Waals surface area (Å²) in [6.07, 6.45) is 0. The molecule has 0 saturated heterocycles. The molecule has 94 valence electrons. The zero-order valence-corrected chi connectivity index (χ0v) is 9.43. The molecule has 0 aliphatic carbocycles. The van der Waals surface area contributed by atoms with E-state index in [1.807, 2.05) is 0 Å². The predicted molar refractivity (Wildman–Crippen MR) is 56.7 cm³/mol. The van der Waals surface area contributed by atoms with Crippen LogP contribution in [0.3, 0.4) is 0 Å². The number of amides is 1. The van der Waals surface area contributed by atoms with Gasteiger partial charge in [0.1, 0.15) is 11.6 Å². The van der Waals surface area contributed by atoms with Crippen molar-refractivity contribution in [3.8, 4) is 0 Å². The monoisotopic (exact) mass is 264 g/mol. The molecule has 5 nitrogen and oxygen atoms in total. The second-order valence-electron chi connectivity index (χ2n) is 3.25. The number of hydrogen-bond acceptors (Lipinski definition) is 3. The van der Waals surface area contributed by atoms with Crippen molar-refractivity contribution >= 4 is 15.9 Å². The largest absolute Gasteiger partial charge is 0.351 e. The minimum Gasteiger partial charge on any atom is -0.351 e. The van der Waals surface area contributed by atoms with Crippen molar-refractivity contribution in [2.24, 2.45) is 5.14 Å². The average molecular weight is 264 g/mol. The SMILES string of the molecule is NS(=O)(=O)CCNC(=O)c1ccc(F)cc1F. The van der Waals surface area contributed by atoms with Gasteiger partial charge in [0.2, 0.25) is 10.0 Å². The molecular weight excluding hydrogens is 254 g/mol. The quantitative estimate of drug-likeness (QED) is 0.801. The van der Waals surface area contributed by atoms with E-state index in [9.17, 15) is 22.0 Å². The number of primary sulfonamides is 1. The van der Waals surface area contributed by atoms with Gasteiger partial charge in [-0.2, -0.15) is 0 Å². The highest BCUT2D eigenvalue weighted by Gasteiger charge is 2.12. The van der Waals surface area contributed by atoms with Crippen LogP contribution in [0.15, 0.2) is 18.2 Å². The van der Waals surface area contributed by atoms with Crippen LogP contribution in [0.4, 0.5) is 8.78 Å². The number of rotatable bonds is 4. The van der Waals surface area contributed by atoms with Crippen molar-refractivity contribution in [3.05, 3.63) is 35.4 Å². The number of halogens is 2. The molecule has 0 aliphatic heterocycles. The topological polar surface area (TPSA) is 89.3 Å². The van der Waals surface area contributed by atoms with Crippen LogP contribution >= 0.6 is 0 Å². The predicted octanol–water partition coefficient (Wildman–Crippen LogP) is -0.0169. The summed E-state index contributed by atoms with van der Waals surface area (Å²) in [5.41, 5.74) is -0.360. The first-order valence-electron chi connectivity index (χ1n) is 4.53. The molecule has 0 aliphatic rings. The van der Waals surface area contributed by atoms with Crippen LogP contribution in [-0.4, -0.2) is 26.6 Å². The van der Waals surface area contributed by atoms with Gasteiger partial charge in [-0.15, -0.1) is 0 Å². The first-order valence-corrected chi connectivity index (χ1v) is 6.25. The second kappa shape index (κ2) is 5.19. The zero-order valence-electron chi connectivity index (χ0n) is 8.61. The molecule has 0 bridgehead atoms. The van der Waals surface area contributed by atoms with E-state index in [-0.39, 0.29) is 12.1 Å². The van der Waals surface area contributed by atoms with Gasteiger partial charge in [0, 0.05) is 12.6 Å². The summed E-state index contributed by atoms with van der Waals surface area (Å²) in [7, 11) is -3.69. The van der Waals surface area contributed by atoms with E-state index in [2.05, 4.69) is 5.32 Å². The van der Waals surface area contributed by atoms with Gasteiger partial charge in [-0.05, 0) is 12.1 Å². The van der Waals surface area contributed by atoms with Crippen LogP contribution in [0.2, 0.25) is 0 Å². The molecule has 3 N–H and O–H groups in total. The number of nitrogens with one attached hydrogen (secondary N) is 1. The fraction of sp³-hybridized carbons (Fsp3) is 0.222. The van der Waals surface area contributed by atoms with E-state index in [0.29, 0.717) is 6.07 Å². The van der Waals surface area contributed by atoms with Crippen molar-refractivity contribution in [1.82, 2.24) is 5.32 Å². The molecule has 0 heterocycles. The van der Waals surface area contributed by atoms with Crippen LogP contribution < -0.4 is 10.5 Å².